The molecule has 0 aromatic heterocycles. The third kappa shape index (κ3) is 3.31. The Balaban J connectivity index is 2.38. The number of rotatable bonds is 3. The Hall–Kier alpha value is 0.0300. The lowest BCUT2D eigenvalue weighted by Crippen LogP contribution is -2.53. The highest BCUT2D eigenvalue weighted by molar-refractivity contribution is 7.37. The molecule has 5 atom stereocenters. The van der Waals surface area contributed by atoms with Crippen molar-refractivity contribution in [2.45, 2.75) is 37.4 Å². The van der Waals surface area contributed by atoms with E-state index in [1.165, 1.54) is 0 Å². The van der Waals surface area contributed by atoms with Gasteiger partial charge in [-0.05, 0) is 6.42 Å². The van der Waals surface area contributed by atoms with E-state index in [0.29, 0.717) is 12.8 Å². The SMILES string of the molecule is N[C@@H]1C(O)O[C@H](CC[PH](=O)O)C[C@@H]1O. The molecule has 1 fully saturated rings. The average Bonchev–Trinajstić information content (AvgIpc) is 2.10. The zero-order valence-corrected chi connectivity index (χ0v) is 8.67. The lowest BCUT2D eigenvalue weighted by Gasteiger charge is -2.35. The molecule has 1 heterocycles. The Kier molecular flexibility index (Phi) is 4.50. The summed E-state index contributed by atoms with van der Waals surface area (Å²) in [6.45, 7) is 0. The largest absolute Gasteiger partial charge is 0.391 e. The fourth-order valence-electron chi connectivity index (χ4n) is 1.43. The normalized spacial score (nSPS) is 40.9. The predicted octanol–water partition coefficient (Wildman–Crippen LogP) is -1.36. The van der Waals surface area contributed by atoms with E-state index in [-0.39, 0.29) is 12.3 Å². The molecule has 1 aliphatic rings. The Morgan fingerprint density at radius 1 is 1.50 bits per heavy atom. The zero-order valence-electron chi connectivity index (χ0n) is 7.67. The molecule has 2 unspecified atom stereocenters. The summed E-state index contributed by atoms with van der Waals surface area (Å²) < 4.78 is 15.5. The molecule has 84 valence electrons. The number of nitrogens with two attached hydrogens (primary N) is 1. The number of hydrogen-bond acceptors (Lipinski definition) is 5. The molecule has 14 heavy (non-hydrogen) atoms. The molecule has 6 nitrogen and oxygen atoms in total. The van der Waals surface area contributed by atoms with Gasteiger partial charge in [0.1, 0.15) is 0 Å². The summed E-state index contributed by atoms with van der Waals surface area (Å²) in [4.78, 5) is 8.61. The maximum absolute atomic E-state index is 10.4. The summed E-state index contributed by atoms with van der Waals surface area (Å²) in [6.07, 6.45) is -1.59. The minimum Gasteiger partial charge on any atom is -0.391 e. The van der Waals surface area contributed by atoms with E-state index in [0.717, 1.165) is 0 Å². The van der Waals surface area contributed by atoms with Crippen molar-refractivity contribution in [1.29, 1.82) is 0 Å². The van der Waals surface area contributed by atoms with Gasteiger partial charge < -0.3 is 25.6 Å². The van der Waals surface area contributed by atoms with Crippen LogP contribution in [0.15, 0.2) is 0 Å². The van der Waals surface area contributed by atoms with Gasteiger partial charge in [-0.3, -0.25) is 4.57 Å². The van der Waals surface area contributed by atoms with Crippen LogP contribution in [0.25, 0.3) is 0 Å². The number of aliphatic hydroxyl groups is 2. The standard InChI is InChI=1S/C7H16NO5P/c8-6-5(9)3-4(13-7(6)10)1-2-14(11)12/h4-7,9-10,14H,1-3,8H2,(H,11,12)/t4-,5+,6+,7?/m1/s1. The molecule has 1 aliphatic heterocycles. The summed E-state index contributed by atoms with van der Waals surface area (Å²) >= 11 is 0. The topological polar surface area (TPSA) is 113 Å². The summed E-state index contributed by atoms with van der Waals surface area (Å²) in [5.41, 5.74) is 5.41. The molecule has 0 bridgehead atoms. The minimum atomic E-state index is -2.51. The predicted molar refractivity (Wildman–Crippen MR) is 50.2 cm³/mol. The molecule has 0 aromatic rings. The summed E-state index contributed by atoms with van der Waals surface area (Å²) in [7, 11) is -2.51. The van der Waals surface area contributed by atoms with Gasteiger partial charge in [0.15, 0.2) is 14.3 Å². The lowest BCUT2D eigenvalue weighted by atomic mass is 9.99. The molecule has 1 saturated heterocycles. The second-order valence-electron chi connectivity index (χ2n) is 3.46. The van der Waals surface area contributed by atoms with Crippen molar-refractivity contribution in [3.8, 4) is 0 Å². The van der Waals surface area contributed by atoms with Crippen molar-refractivity contribution in [3.63, 3.8) is 0 Å². The van der Waals surface area contributed by atoms with E-state index in [1.807, 2.05) is 0 Å². The van der Waals surface area contributed by atoms with Crippen LogP contribution in [-0.2, 0) is 9.30 Å². The summed E-state index contributed by atoms with van der Waals surface area (Å²) in [6, 6.07) is -0.794. The first-order chi connectivity index (χ1) is 6.50. The molecular formula is C7H16NO5P. The van der Waals surface area contributed by atoms with Gasteiger partial charge in [0, 0.05) is 12.6 Å². The summed E-state index contributed by atoms with van der Waals surface area (Å²) in [5.74, 6) is 0. The average molecular weight is 225 g/mol. The van der Waals surface area contributed by atoms with Gasteiger partial charge in [0.05, 0.1) is 18.2 Å². The first-order valence-corrected chi connectivity index (χ1v) is 6.06. The van der Waals surface area contributed by atoms with Crippen LogP contribution in [0.3, 0.4) is 0 Å². The van der Waals surface area contributed by atoms with E-state index >= 15 is 0 Å². The molecule has 0 amide bonds. The van der Waals surface area contributed by atoms with Gasteiger partial charge in [-0.25, -0.2) is 0 Å². The monoisotopic (exact) mass is 225 g/mol. The van der Waals surface area contributed by atoms with Gasteiger partial charge in [-0.2, -0.15) is 0 Å². The molecule has 5 N–H and O–H groups in total. The van der Waals surface area contributed by atoms with Crippen LogP contribution in [0, 0.1) is 0 Å². The Bertz CT molecular complexity index is 202. The van der Waals surface area contributed by atoms with E-state index in [9.17, 15) is 14.8 Å². The van der Waals surface area contributed by atoms with Crippen molar-refractivity contribution in [1.82, 2.24) is 0 Å². The van der Waals surface area contributed by atoms with E-state index < -0.39 is 26.5 Å². The van der Waals surface area contributed by atoms with Gasteiger partial charge in [0.2, 0.25) is 0 Å². The van der Waals surface area contributed by atoms with E-state index in [2.05, 4.69) is 0 Å². The molecule has 7 heteroatoms. The van der Waals surface area contributed by atoms with Crippen LogP contribution in [0.4, 0.5) is 0 Å². The molecule has 1 rings (SSSR count). The van der Waals surface area contributed by atoms with Crippen molar-refractivity contribution in [3.05, 3.63) is 0 Å². The van der Waals surface area contributed by atoms with Crippen LogP contribution < -0.4 is 5.73 Å². The minimum absolute atomic E-state index is 0.143. The Labute approximate surface area is 82.6 Å². The fourth-order valence-corrected chi connectivity index (χ4v) is 2.00. The van der Waals surface area contributed by atoms with E-state index in [1.54, 1.807) is 0 Å². The molecule has 0 saturated carbocycles. The Morgan fingerprint density at radius 2 is 2.14 bits per heavy atom. The second kappa shape index (κ2) is 5.21. The third-order valence-corrected chi connectivity index (χ3v) is 3.01. The lowest BCUT2D eigenvalue weighted by molar-refractivity contribution is -0.200. The maximum Gasteiger partial charge on any atom is 0.189 e. The van der Waals surface area contributed by atoms with Crippen molar-refractivity contribution >= 4 is 8.03 Å². The molecule has 0 aromatic carbocycles. The van der Waals surface area contributed by atoms with Crippen LogP contribution in [0.1, 0.15) is 12.8 Å². The molecule has 0 radical (unpaired) electrons. The first kappa shape index (κ1) is 12.1. The summed E-state index contributed by atoms with van der Waals surface area (Å²) in [5, 5.41) is 18.6. The van der Waals surface area contributed by atoms with Gasteiger partial charge in [-0.1, -0.05) is 0 Å². The quantitative estimate of drug-likeness (QED) is 0.441. The van der Waals surface area contributed by atoms with Gasteiger partial charge in [0.25, 0.3) is 0 Å². The number of aliphatic hydroxyl groups excluding tert-OH is 2. The maximum atomic E-state index is 10.4. The number of ether oxygens (including phenoxy) is 1. The van der Waals surface area contributed by atoms with Crippen molar-refractivity contribution in [2.75, 3.05) is 6.16 Å². The highest BCUT2D eigenvalue weighted by Gasteiger charge is 2.34. The Morgan fingerprint density at radius 3 is 2.64 bits per heavy atom. The number of hydrogen-bond donors (Lipinski definition) is 4. The fraction of sp³-hybridized carbons (Fsp3) is 1.00. The van der Waals surface area contributed by atoms with Gasteiger partial charge in [-0.15, -0.1) is 0 Å². The zero-order chi connectivity index (χ0) is 10.7. The second-order valence-corrected chi connectivity index (χ2v) is 4.75. The van der Waals surface area contributed by atoms with Crippen LogP contribution in [0.5, 0.6) is 0 Å². The first-order valence-electron chi connectivity index (χ1n) is 4.49. The van der Waals surface area contributed by atoms with Crippen molar-refractivity contribution in [2.24, 2.45) is 5.73 Å². The molecular weight excluding hydrogens is 209 g/mol. The van der Waals surface area contributed by atoms with Crippen LogP contribution in [0.2, 0.25) is 0 Å². The highest BCUT2D eigenvalue weighted by atomic mass is 31.1. The van der Waals surface area contributed by atoms with Crippen LogP contribution >= 0.6 is 8.03 Å². The van der Waals surface area contributed by atoms with Gasteiger partial charge >= 0.3 is 0 Å². The van der Waals surface area contributed by atoms with Crippen LogP contribution in [-0.4, -0.2) is 45.8 Å². The molecule has 0 aliphatic carbocycles. The van der Waals surface area contributed by atoms with Crippen molar-refractivity contribution < 1.29 is 24.4 Å². The molecule has 0 spiro atoms. The van der Waals surface area contributed by atoms with E-state index in [4.69, 9.17) is 15.4 Å². The highest BCUT2D eigenvalue weighted by Crippen LogP contribution is 2.23. The third-order valence-electron chi connectivity index (χ3n) is 2.29. The smallest absolute Gasteiger partial charge is 0.189 e.